The van der Waals surface area contributed by atoms with Crippen LogP contribution < -0.4 is 0 Å². The highest BCUT2D eigenvalue weighted by atomic mass is 35.6. The van der Waals surface area contributed by atoms with E-state index in [-0.39, 0.29) is 0 Å². The summed E-state index contributed by atoms with van der Waals surface area (Å²) in [6.45, 7) is 10.7. The zero-order chi connectivity index (χ0) is 8.91. The summed E-state index contributed by atoms with van der Waals surface area (Å²) in [6.07, 6.45) is 1.42. The molecule has 0 spiro atoms. The molecule has 1 rings (SSSR count). The highest BCUT2D eigenvalue weighted by Gasteiger charge is 2.59. The van der Waals surface area contributed by atoms with Crippen LogP contribution in [0, 0.1) is 0 Å². The van der Waals surface area contributed by atoms with Gasteiger partial charge < -0.3 is 0 Å². The van der Waals surface area contributed by atoms with Crippen molar-refractivity contribution in [2.45, 2.75) is 51.0 Å². The summed E-state index contributed by atoms with van der Waals surface area (Å²) in [5.74, 6) is 0. The van der Waals surface area contributed by atoms with Crippen LogP contribution in [0.4, 0.5) is 0 Å². The van der Waals surface area contributed by atoms with Crippen LogP contribution in [-0.2, 0) is 0 Å². The van der Waals surface area contributed by atoms with Gasteiger partial charge in [0.25, 0.3) is 0 Å². The molecule has 1 fully saturated rings. The summed E-state index contributed by atoms with van der Waals surface area (Å²) in [5, 5.41) is 0.629. The molecule has 1 unspecified atom stereocenters. The minimum Gasteiger partial charge on any atom is -0.171 e. The molecule has 66 valence electrons. The van der Waals surface area contributed by atoms with Crippen molar-refractivity contribution in [3.05, 3.63) is 0 Å². The van der Waals surface area contributed by atoms with Crippen molar-refractivity contribution in [3.8, 4) is 0 Å². The molecule has 1 saturated heterocycles. The van der Waals surface area contributed by atoms with E-state index in [9.17, 15) is 0 Å². The molecule has 0 nitrogen and oxygen atoms in total. The number of hydrogen-bond donors (Lipinski definition) is 0. The van der Waals surface area contributed by atoms with Crippen LogP contribution in [0.15, 0.2) is 0 Å². The van der Waals surface area contributed by atoms with E-state index in [0.29, 0.717) is 5.04 Å². The Morgan fingerprint density at radius 2 is 1.82 bits per heavy atom. The van der Waals surface area contributed by atoms with Crippen LogP contribution >= 0.6 is 11.1 Å². The topological polar surface area (TPSA) is 0 Å². The molecule has 0 N–H and O–H groups in total. The van der Waals surface area contributed by atoms with E-state index in [1.165, 1.54) is 12.5 Å². The quantitative estimate of drug-likeness (QED) is 0.453. The SMILES string of the molecule is CC1(C)CC[Si]1(C)[Si](C)(C)Cl. The van der Waals surface area contributed by atoms with Gasteiger partial charge in [0.1, 0.15) is 6.90 Å². The Morgan fingerprint density at radius 1 is 1.36 bits per heavy atom. The maximum Gasteiger partial charge on any atom is 0.141 e. The second-order valence-corrected chi connectivity index (χ2v) is 23.5. The van der Waals surface area contributed by atoms with Gasteiger partial charge in [0, 0.05) is 0 Å². The van der Waals surface area contributed by atoms with Gasteiger partial charge in [-0.1, -0.05) is 46.0 Å². The first-order valence-electron chi connectivity index (χ1n) is 4.40. The van der Waals surface area contributed by atoms with Crippen LogP contribution in [0.25, 0.3) is 0 Å². The largest absolute Gasteiger partial charge is 0.171 e. The summed E-state index contributed by atoms with van der Waals surface area (Å²) in [7, 11) is -1.02. The fraction of sp³-hybridized carbons (Fsp3) is 1.00. The molecule has 0 saturated carbocycles. The molecule has 1 aliphatic heterocycles. The van der Waals surface area contributed by atoms with E-state index < -0.39 is 14.5 Å². The van der Waals surface area contributed by atoms with Crippen LogP contribution in [0.5, 0.6) is 0 Å². The molecule has 0 amide bonds. The third-order valence-corrected chi connectivity index (χ3v) is 25.6. The summed E-state index contributed by atoms with van der Waals surface area (Å²) < 4.78 is 0. The first-order valence-corrected chi connectivity index (χ1v) is 12.1. The van der Waals surface area contributed by atoms with E-state index in [2.05, 4.69) is 33.5 Å². The van der Waals surface area contributed by atoms with Crippen molar-refractivity contribution in [2.24, 2.45) is 0 Å². The molecule has 11 heavy (non-hydrogen) atoms. The monoisotopic (exact) mass is 206 g/mol. The van der Waals surface area contributed by atoms with E-state index >= 15 is 0 Å². The third kappa shape index (κ3) is 1.23. The Labute approximate surface area is 76.8 Å². The number of halogens is 1. The van der Waals surface area contributed by atoms with E-state index in [1.807, 2.05) is 0 Å². The van der Waals surface area contributed by atoms with Gasteiger partial charge in [0.05, 0.1) is 7.59 Å². The van der Waals surface area contributed by atoms with Crippen molar-refractivity contribution < 1.29 is 0 Å². The summed E-state index contributed by atoms with van der Waals surface area (Å²) in [6, 6.07) is 1.47. The number of rotatable bonds is 1. The summed E-state index contributed by atoms with van der Waals surface area (Å²) >= 11 is 6.56. The van der Waals surface area contributed by atoms with Gasteiger partial charge in [0.2, 0.25) is 0 Å². The third-order valence-electron chi connectivity index (χ3n) is 4.06. The molecule has 0 aromatic heterocycles. The minimum absolute atomic E-state index is 0.629. The molecule has 0 aliphatic carbocycles. The maximum atomic E-state index is 6.56. The highest BCUT2D eigenvalue weighted by molar-refractivity contribution is 7.59. The van der Waals surface area contributed by atoms with E-state index in [0.717, 1.165) is 0 Å². The Bertz CT molecular complexity index is 159. The highest BCUT2D eigenvalue weighted by Crippen LogP contribution is 2.59. The van der Waals surface area contributed by atoms with Crippen molar-refractivity contribution in [2.75, 3.05) is 0 Å². The lowest BCUT2D eigenvalue weighted by Gasteiger charge is -2.57. The van der Waals surface area contributed by atoms with Gasteiger partial charge >= 0.3 is 0 Å². The normalized spacial score (nSPS) is 36.5. The molecule has 3 heteroatoms. The van der Waals surface area contributed by atoms with Gasteiger partial charge in [-0.15, -0.1) is 0 Å². The Balaban J connectivity index is 2.86. The molecule has 0 aromatic rings. The van der Waals surface area contributed by atoms with Gasteiger partial charge in [-0.05, 0) is 5.04 Å². The Morgan fingerprint density at radius 3 is 1.82 bits per heavy atom. The van der Waals surface area contributed by atoms with Crippen molar-refractivity contribution in [3.63, 3.8) is 0 Å². The van der Waals surface area contributed by atoms with Gasteiger partial charge in [0.15, 0.2) is 0 Å². The first-order chi connectivity index (χ1) is 4.71. The fourth-order valence-electron chi connectivity index (χ4n) is 2.10. The standard InChI is InChI=1S/C8H19ClSi2/c1-8(2)6-7-11(8,5)10(3,4)9/h6-7H2,1-5H3. The van der Waals surface area contributed by atoms with Crippen LogP contribution in [0.1, 0.15) is 20.3 Å². The lowest BCUT2D eigenvalue weighted by molar-refractivity contribution is 0.552. The zero-order valence-electron chi connectivity index (χ0n) is 8.29. The lowest BCUT2D eigenvalue weighted by atomic mass is 10.1. The van der Waals surface area contributed by atoms with E-state index in [4.69, 9.17) is 11.1 Å². The molecule has 0 radical (unpaired) electrons. The fourth-order valence-corrected chi connectivity index (χ4v) is 16.8. The second-order valence-electron chi connectivity index (χ2n) is 5.19. The van der Waals surface area contributed by atoms with E-state index in [1.54, 1.807) is 0 Å². The van der Waals surface area contributed by atoms with Crippen molar-refractivity contribution >= 4 is 25.6 Å². The molecular weight excluding hydrogens is 188 g/mol. The van der Waals surface area contributed by atoms with Gasteiger partial charge in [-0.25, -0.2) is 0 Å². The smallest absolute Gasteiger partial charge is 0.141 e. The first kappa shape index (κ1) is 9.81. The summed E-state index contributed by atoms with van der Waals surface area (Å²) in [5.41, 5.74) is 0. The average molecular weight is 207 g/mol. The maximum absolute atomic E-state index is 6.56. The molecule has 1 atom stereocenters. The predicted molar refractivity (Wildman–Crippen MR) is 58.4 cm³/mol. The molecule has 0 bridgehead atoms. The Kier molecular flexibility index (Phi) is 2.11. The number of hydrogen-bond acceptors (Lipinski definition) is 0. The zero-order valence-corrected chi connectivity index (χ0v) is 11.0. The Hall–Kier alpha value is 0.724. The molecule has 1 aliphatic rings. The van der Waals surface area contributed by atoms with Crippen molar-refractivity contribution in [1.82, 2.24) is 0 Å². The van der Waals surface area contributed by atoms with Crippen molar-refractivity contribution in [1.29, 1.82) is 0 Å². The van der Waals surface area contributed by atoms with Gasteiger partial charge in [-0.2, -0.15) is 11.1 Å². The molecule has 0 aromatic carbocycles. The lowest BCUT2D eigenvalue weighted by Crippen LogP contribution is -2.65. The van der Waals surface area contributed by atoms with Gasteiger partial charge in [-0.3, -0.25) is 0 Å². The van der Waals surface area contributed by atoms with Crippen LogP contribution in [-0.4, -0.2) is 14.5 Å². The molecule has 1 heterocycles. The minimum atomic E-state index is -1.32. The average Bonchev–Trinajstić information content (AvgIpc) is 1.81. The summed E-state index contributed by atoms with van der Waals surface area (Å²) in [4.78, 5) is 0. The predicted octanol–water partition coefficient (Wildman–Crippen LogP) is 3.77. The molecular formula is C8H19ClSi2. The van der Waals surface area contributed by atoms with Crippen LogP contribution in [0.3, 0.4) is 0 Å². The second kappa shape index (κ2) is 2.36. The van der Waals surface area contributed by atoms with Crippen LogP contribution in [0.2, 0.25) is 30.7 Å².